The molecule has 0 aromatic carbocycles. The Kier molecular flexibility index (Phi) is 2.23. The van der Waals surface area contributed by atoms with E-state index in [-0.39, 0.29) is 0 Å². The van der Waals surface area contributed by atoms with Crippen LogP contribution in [-0.4, -0.2) is 32.9 Å². The van der Waals surface area contributed by atoms with Crippen molar-refractivity contribution in [1.29, 1.82) is 0 Å². The van der Waals surface area contributed by atoms with Crippen molar-refractivity contribution in [2.24, 2.45) is 0 Å². The average molecular weight is 217 g/mol. The standard InChI is InChI=1S/C11H15N5/c1-9-7-10(15-5-3-2-4-6-15)11-13-12-8-16(11)14-9/h7-8H,2-6H2,1H3. The van der Waals surface area contributed by atoms with E-state index in [0.29, 0.717) is 0 Å². The Morgan fingerprint density at radius 1 is 1.19 bits per heavy atom. The van der Waals surface area contributed by atoms with Crippen LogP contribution in [0.1, 0.15) is 25.0 Å². The Hall–Kier alpha value is -1.65. The molecule has 0 bridgehead atoms. The van der Waals surface area contributed by atoms with Crippen molar-refractivity contribution >= 4 is 11.3 Å². The maximum absolute atomic E-state index is 4.36. The average Bonchev–Trinajstić information content (AvgIpc) is 2.77. The molecule has 3 rings (SSSR count). The summed E-state index contributed by atoms with van der Waals surface area (Å²) in [6.07, 6.45) is 5.53. The van der Waals surface area contributed by atoms with Crippen LogP contribution in [0.3, 0.4) is 0 Å². The lowest BCUT2D eigenvalue weighted by Crippen LogP contribution is -2.30. The molecule has 1 aliphatic heterocycles. The third-order valence-corrected chi connectivity index (χ3v) is 3.07. The first-order valence-electron chi connectivity index (χ1n) is 5.77. The van der Waals surface area contributed by atoms with Crippen molar-refractivity contribution < 1.29 is 0 Å². The fraction of sp³-hybridized carbons (Fsp3) is 0.545. The van der Waals surface area contributed by atoms with Crippen molar-refractivity contribution in [2.75, 3.05) is 18.0 Å². The topological polar surface area (TPSA) is 46.3 Å². The molecule has 0 spiro atoms. The molecule has 2 aromatic heterocycles. The minimum Gasteiger partial charge on any atom is -0.368 e. The van der Waals surface area contributed by atoms with Gasteiger partial charge in [-0.15, -0.1) is 10.2 Å². The number of fused-ring (bicyclic) bond motifs is 1. The second kappa shape index (κ2) is 3.73. The van der Waals surface area contributed by atoms with Crippen LogP contribution in [-0.2, 0) is 0 Å². The molecular formula is C11H15N5. The summed E-state index contributed by atoms with van der Waals surface area (Å²) >= 11 is 0. The predicted octanol–water partition coefficient (Wildman–Crippen LogP) is 1.42. The SMILES string of the molecule is Cc1cc(N2CCCCC2)c2nncn2n1. The third-order valence-electron chi connectivity index (χ3n) is 3.07. The van der Waals surface area contributed by atoms with Gasteiger partial charge in [-0.05, 0) is 32.3 Å². The van der Waals surface area contributed by atoms with Gasteiger partial charge in [-0.2, -0.15) is 9.61 Å². The maximum atomic E-state index is 4.36. The number of piperidine rings is 1. The molecule has 0 N–H and O–H groups in total. The Labute approximate surface area is 94.1 Å². The van der Waals surface area contributed by atoms with Gasteiger partial charge in [0.05, 0.1) is 11.4 Å². The van der Waals surface area contributed by atoms with Crippen LogP contribution in [0, 0.1) is 6.92 Å². The van der Waals surface area contributed by atoms with Gasteiger partial charge in [-0.1, -0.05) is 0 Å². The van der Waals surface area contributed by atoms with Crippen LogP contribution in [0.5, 0.6) is 0 Å². The summed E-state index contributed by atoms with van der Waals surface area (Å²) in [7, 11) is 0. The summed E-state index contributed by atoms with van der Waals surface area (Å²) in [5.74, 6) is 0. The van der Waals surface area contributed by atoms with Gasteiger partial charge in [0.15, 0.2) is 0 Å². The highest BCUT2D eigenvalue weighted by Gasteiger charge is 2.16. The molecular weight excluding hydrogens is 202 g/mol. The highest BCUT2D eigenvalue weighted by molar-refractivity contribution is 5.68. The molecule has 1 saturated heterocycles. The van der Waals surface area contributed by atoms with E-state index in [2.05, 4.69) is 26.3 Å². The zero-order valence-corrected chi connectivity index (χ0v) is 9.43. The second-order valence-corrected chi connectivity index (χ2v) is 4.32. The molecule has 5 nitrogen and oxygen atoms in total. The van der Waals surface area contributed by atoms with Crippen molar-refractivity contribution in [2.45, 2.75) is 26.2 Å². The Morgan fingerprint density at radius 3 is 2.81 bits per heavy atom. The van der Waals surface area contributed by atoms with E-state index in [1.807, 2.05) is 6.92 Å². The quantitative estimate of drug-likeness (QED) is 0.724. The summed E-state index contributed by atoms with van der Waals surface area (Å²) in [6, 6.07) is 2.11. The van der Waals surface area contributed by atoms with Crippen LogP contribution in [0.25, 0.3) is 5.65 Å². The van der Waals surface area contributed by atoms with Crippen LogP contribution in [0.2, 0.25) is 0 Å². The molecule has 0 radical (unpaired) electrons. The van der Waals surface area contributed by atoms with Crippen molar-refractivity contribution in [3.8, 4) is 0 Å². The van der Waals surface area contributed by atoms with Crippen molar-refractivity contribution in [1.82, 2.24) is 19.8 Å². The van der Waals surface area contributed by atoms with Gasteiger partial charge < -0.3 is 4.90 Å². The normalized spacial score (nSPS) is 16.9. The molecule has 0 saturated carbocycles. The van der Waals surface area contributed by atoms with E-state index in [1.165, 1.54) is 24.9 Å². The molecule has 0 unspecified atom stereocenters. The maximum Gasteiger partial charge on any atom is 0.200 e. The lowest BCUT2D eigenvalue weighted by molar-refractivity contribution is 0.577. The molecule has 1 aliphatic rings. The Balaban J connectivity index is 2.09. The number of rotatable bonds is 1. The highest BCUT2D eigenvalue weighted by Crippen LogP contribution is 2.23. The molecule has 3 heterocycles. The van der Waals surface area contributed by atoms with Crippen LogP contribution in [0.4, 0.5) is 5.69 Å². The predicted molar refractivity (Wildman–Crippen MR) is 61.6 cm³/mol. The van der Waals surface area contributed by atoms with E-state index in [0.717, 1.165) is 24.4 Å². The van der Waals surface area contributed by atoms with Crippen LogP contribution < -0.4 is 4.90 Å². The molecule has 0 amide bonds. The minimum atomic E-state index is 0.868. The van der Waals surface area contributed by atoms with E-state index >= 15 is 0 Å². The number of aryl methyl sites for hydroxylation is 1. The summed E-state index contributed by atoms with van der Waals surface area (Å²) in [5, 5.41) is 12.4. The third kappa shape index (κ3) is 1.52. The first-order valence-corrected chi connectivity index (χ1v) is 5.77. The number of nitrogens with zero attached hydrogens (tertiary/aromatic N) is 5. The number of hydrogen-bond acceptors (Lipinski definition) is 4. The molecule has 0 atom stereocenters. The summed E-state index contributed by atoms with van der Waals surface area (Å²) in [5.41, 5.74) is 3.05. The van der Waals surface area contributed by atoms with Gasteiger partial charge in [-0.3, -0.25) is 0 Å². The molecule has 5 heteroatoms. The van der Waals surface area contributed by atoms with E-state index in [9.17, 15) is 0 Å². The van der Waals surface area contributed by atoms with Crippen molar-refractivity contribution in [3.63, 3.8) is 0 Å². The smallest absolute Gasteiger partial charge is 0.200 e. The summed E-state index contributed by atoms with van der Waals surface area (Å²) in [6.45, 7) is 4.24. The van der Waals surface area contributed by atoms with Crippen molar-refractivity contribution in [3.05, 3.63) is 18.1 Å². The van der Waals surface area contributed by atoms with E-state index in [1.54, 1.807) is 10.8 Å². The zero-order valence-electron chi connectivity index (χ0n) is 9.43. The zero-order chi connectivity index (χ0) is 11.0. The Morgan fingerprint density at radius 2 is 2.00 bits per heavy atom. The highest BCUT2D eigenvalue weighted by atomic mass is 15.4. The number of anilines is 1. The van der Waals surface area contributed by atoms with Crippen LogP contribution in [0.15, 0.2) is 12.4 Å². The summed E-state index contributed by atoms with van der Waals surface area (Å²) < 4.78 is 1.76. The molecule has 0 aliphatic carbocycles. The largest absolute Gasteiger partial charge is 0.368 e. The van der Waals surface area contributed by atoms with Gasteiger partial charge in [0.25, 0.3) is 0 Å². The molecule has 2 aromatic rings. The van der Waals surface area contributed by atoms with Gasteiger partial charge in [0, 0.05) is 13.1 Å². The first kappa shape index (κ1) is 9.57. The minimum absolute atomic E-state index is 0.868. The molecule has 1 fully saturated rings. The lowest BCUT2D eigenvalue weighted by atomic mass is 10.1. The van der Waals surface area contributed by atoms with E-state index < -0.39 is 0 Å². The van der Waals surface area contributed by atoms with Gasteiger partial charge in [-0.25, -0.2) is 0 Å². The molecule has 16 heavy (non-hydrogen) atoms. The molecule has 84 valence electrons. The van der Waals surface area contributed by atoms with E-state index in [4.69, 9.17) is 0 Å². The fourth-order valence-corrected chi connectivity index (χ4v) is 2.30. The lowest BCUT2D eigenvalue weighted by Gasteiger charge is -2.28. The van der Waals surface area contributed by atoms with Gasteiger partial charge in [0.1, 0.15) is 6.33 Å². The number of hydrogen-bond donors (Lipinski definition) is 0. The summed E-state index contributed by atoms with van der Waals surface area (Å²) in [4.78, 5) is 2.39. The number of aromatic nitrogens is 4. The van der Waals surface area contributed by atoms with Gasteiger partial charge in [0.2, 0.25) is 5.65 Å². The first-order chi connectivity index (χ1) is 7.84. The van der Waals surface area contributed by atoms with Crippen LogP contribution >= 0.6 is 0 Å². The van der Waals surface area contributed by atoms with Gasteiger partial charge >= 0.3 is 0 Å². The Bertz CT molecular complexity index is 498. The monoisotopic (exact) mass is 217 g/mol. The fourth-order valence-electron chi connectivity index (χ4n) is 2.30. The second-order valence-electron chi connectivity index (χ2n) is 4.32.